The molecule has 0 aromatic heterocycles. The maximum atomic E-state index is 10.9. The molecule has 56 valence electrons. The van der Waals surface area contributed by atoms with Crippen molar-refractivity contribution >= 4 is 5.91 Å². The number of amides is 1. The highest BCUT2D eigenvalue weighted by molar-refractivity contribution is 5.82. The van der Waals surface area contributed by atoms with Crippen LogP contribution in [0, 0.1) is 11.3 Å². The van der Waals surface area contributed by atoms with Crippen molar-refractivity contribution in [3.63, 3.8) is 0 Å². The molecule has 2 aliphatic rings. The van der Waals surface area contributed by atoms with E-state index in [-0.39, 0.29) is 11.8 Å². The molecule has 0 heterocycles. The first-order valence-electron chi connectivity index (χ1n) is 3.79. The standard InChI is InChI=1S/C7H12N2O/c8-9-6(10)5-4-7(5)2-1-3-7/h5H,1-4,8H2,(H,9,10). The van der Waals surface area contributed by atoms with E-state index in [0.29, 0.717) is 5.41 Å². The maximum absolute atomic E-state index is 10.9. The van der Waals surface area contributed by atoms with Crippen LogP contribution in [0.2, 0.25) is 0 Å². The smallest absolute Gasteiger partial charge is 0.237 e. The van der Waals surface area contributed by atoms with Crippen molar-refractivity contribution in [1.29, 1.82) is 0 Å². The maximum Gasteiger partial charge on any atom is 0.237 e. The van der Waals surface area contributed by atoms with E-state index in [1.165, 1.54) is 19.3 Å². The summed E-state index contributed by atoms with van der Waals surface area (Å²) in [5.74, 6) is 5.31. The van der Waals surface area contributed by atoms with Gasteiger partial charge in [-0.3, -0.25) is 10.2 Å². The van der Waals surface area contributed by atoms with Crippen LogP contribution in [0.15, 0.2) is 0 Å². The molecule has 10 heavy (non-hydrogen) atoms. The summed E-state index contributed by atoms with van der Waals surface area (Å²) in [5.41, 5.74) is 2.63. The average Bonchev–Trinajstić information content (AvgIpc) is 2.59. The summed E-state index contributed by atoms with van der Waals surface area (Å²) in [6.45, 7) is 0. The molecule has 0 radical (unpaired) electrons. The fourth-order valence-electron chi connectivity index (χ4n) is 2.00. The topological polar surface area (TPSA) is 55.1 Å². The second kappa shape index (κ2) is 1.72. The minimum absolute atomic E-state index is 0.0414. The van der Waals surface area contributed by atoms with E-state index in [2.05, 4.69) is 5.43 Å². The summed E-state index contributed by atoms with van der Waals surface area (Å²) in [7, 11) is 0. The quantitative estimate of drug-likeness (QED) is 0.310. The van der Waals surface area contributed by atoms with Crippen LogP contribution >= 0.6 is 0 Å². The number of rotatable bonds is 1. The Morgan fingerprint density at radius 1 is 1.60 bits per heavy atom. The fourth-order valence-corrected chi connectivity index (χ4v) is 2.00. The monoisotopic (exact) mass is 140 g/mol. The van der Waals surface area contributed by atoms with Crippen LogP contribution in [0.4, 0.5) is 0 Å². The molecule has 3 nitrogen and oxygen atoms in total. The van der Waals surface area contributed by atoms with E-state index in [9.17, 15) is 4.79 Å². The Balaban J connectivity index is 1.94. The van der Waals surface area contributed by atoms with Gasteiger partial charge in [-0.1, -0.05) is 6.42 Å². The first-order valence-corrected chi connectivity index (χ1v) is 3.79. The molecule has 3 N–H and O–H groups in total. The Hall–Kier alpha value is -0.570. The number of nitrogens with two attached hydrogens (primary N) is 1. The van der Waals surface area contributed by atoms with Crippen molar-refractivity contribution in [1.82, 2.24) is 5.43 Å². The summed E-state index contributed by atoms with van der Waals surface area (Å²) in [5, 5.41) is 0. The van der Waals surface area contributed by atoms with Crippen molar-refractivity contribution < 1.29 is 4.79 Å². The van der Waals surface area contributed by atoms with E-state index in [0.717, 1.165) is 6.42 Å². The van der Waals surface area contributed by atoms with Gasteiger partial charge in [0.25, 0.3) is 0 Å². The number of hydrazine groups is 1. The lowest BCUT2D eigenvalue weighted by atomic mass is 9.80. The van der Waals surface area contributed by atoms with Crippen LogP contribution in [0.25, 0.3) is 0 Å². The Labute approximate surface area is 59.9 Å². The molecule has 3 heteroatoms. The van der Waals surface area contributed by atoms with E-state index < -0.39 is 0 Å². The zero-order chi connectivity index (χ0) is 7.19. The number of nitrogens with one attached hydrogen (secondary N) is 1. The van der Waals surface area contributed by atoms with Crippen LogP contribution in [0.5, 0.6) is 0 Å². The first-order chi connectivity index (χ1) is 4.78. The second-order valence-electron chi connectivity index (χ2n) is 3.48. The molecule has 0 aromatic carbocycles. The fraction of sp³-hybridized carbons (Fsp3) is 0.857. The van der Waals surface area contributed by atoms with Crippen molar-refractivity contribution in [3.8, 4) is 0 Å². The molecule has 1 spiro atoms. The molecule has 0 aromatic rings. The van der Waals surface area contributed by atoms with Crippen LogP contribution < -0.4 is 11.3 Å². The molecular formula is C7H12N2O. The lowest BCUT2D eigenvalue weighted by Gasteiger charge is -2.25. The lowest BCUT2D eigenvalue weighted by molar-refractivity contribution is -0.123. The molecule has 2 fully saturated rings. The van der Waals surface area contributed by atoms with Gasteiger partial charge < -0.3 is 0 Å². The first kappa shape index (κ1) is 6.16. The van der Waals surface area contributed by atoms with Crippen molar-refractivity contribution in [2.75, 3.05) is 0 Å². The SMILES string of the molecule is NNC(=O)C1CC12CCC2. The zero-order valence-corrected chi connectivity index (χ0v) is 5.89. The highest BCUT2D eigenvalue weighted by atomic mass is 16.2. The van der Waals surface area contributed by atoms with Gasteiger partial charge in [-0.15, -0.1) is 0 Å². The summed E-state index contributed by atoms with van der Waals surface area (Å²) in [6, 6.07) is 0. The molecule has 1 amide bonds. The summed E-state index contributed by atoms with van der Waals surface area (Å²) >= 11 is 0. The van der Waals surface area contributed by atoms with Gasteiger partial charge in [0.2, 0.25) is 5.91 Å². The molecule has 0 saturated heterocycles. The van der Waals surface area contributed by atoms with Gasteiger partial charge in [0.15, 0.2) is 0 Å². The molecule has 1 unspecified atom stereocenters. The molecule has 2 saturated carbocycles. The Morgan fingerprint density at radius 3 is 2.60 bits per heavy atom. The second-order valence-corrected chi connectivity index (χ2v) is 3.48. The molecule has 1 atom stereocenters. The van der Waals surface area contributed by atoms with Gasteiger partial charge in [-0.25, -0.2) is 5.84 Å². The number of hydrogen-bond acceptors (Lipinski definition) is 2. The third kappa shape index (κ3) is 0.611. The van der Waals surface area contributed by atoms with Gasteiger partial charge >= 0.3 is 0 Å². The third-order valence-corrected chi connectivity index (χ3v) is 3.00. The van der Waals surface area contributed by atoms with E-state index in [1.807, 2.05) is 0 Å². The van der Waals surface area contributed by atoms with Crippen LogP contribution in [0.1, 0.15) is 25.7 Å². The Bertz CT molecular complexity index is 174. The highest BCUT2D eigenvalue weighted by Crippen LogP contribution is 2.65. The minimum atomic E-state index is 0.0414. The van der Waals surface area contributed by atoms with Gasteiger partial charge in [-0.05, 0) is 24.7 Å². The van der Waals surface area contributed by atoms with Crippen molar-refractivity contribution in [2.45, 2.75) is 25.7 Å². The summed E-state index contributed by atoms with van der Waals surface area (Å²) in [4.78, 5) is 10.9. The highest BCUT2D eigenvalue weighted by Gasteiger charge is 2.60. The average molecular weight is 140 g/mol. The van der Waals surface area contributed by atoms with Gasteiger partial charge in [0, 0.05) is 5.92 Å². The van der Waals surface area contributed by atoms with E-state index >= 15 is 0 Å². The normalized spacial score (nSPS) is 33.1. The van der Waals surface area contributed by atoms with Gasteiger partial charge in [0.1, 0.15) is 0 Å². The predicted octanol–water partition coefficient (Wildman–Crippen LogP) is 0.166. The van der Waals surface area contributed by atoms with Gasteiger partial charge in [0.05, 0.1) is 0 Å². The molecule has 2 rings (SSSR count). The number of carbonyl (C=O) groups is 1. The minimum Gasteiger partial charge on any atom is -0.294 e. The molecule has 2 aliphatic carbocycles. The van der Waals surface area contributed by atoms with Crippen LogP contribution in [-0.2, 0) is 4.79 Å². The van der Waals surface area contributed by atoms with Crippen LogP contribution in [0.3, 0.4) is 0 Å². The largest absolute Gasteiger partial charge is 0.294 e. The van der Waals surface area contributed by atoms with E-state index in [4.69, 9.17) is 5.84 Å². The third-order valence-electron chi connectivity index (χ3n) is 3.00. The Kier molecular flexibility index (Phi) is 1.06. The van der Waals surface area contributed by atoms with Gasteiger partial charge in [-0.2, -0.15) is 0 Å². The number of hydrogen-bond donors (Lipinski definition) is 2. The Morgan fingerprint density at radius 2 is 2.30 bits per heavy atom. The number of carbonyl (C=O) groups excluding carboxylic acids is 1. The summed E-state index contributed by atoms with van der Waals surface area (Å²) in [6.07, 6.45) is 4.86. The zero-order valence-electron chi connectivity index (χ0n) is 5.89. The predicted molar refractivity (Wildman–Crippen MR) is 36.7 cm³/mol. The van der Waals surface area contributed by atoms with E-state index in [1.54, 1.807) is 0 Å². The van der Waals surface area contributed by atoms with Crippen molar-refractivity contribution in [3.05, 3.63) is 0 Å². The molecule has 0 aliphatic heterocycles. The molecule has 0 bridgehead atoms. The lowest BCUT2D eigenvalue weighted by Crippen LogP contribution is -2.34. The van der Waals surface area contributed by atoms with Crippen molar-refractivity contribution in [2.24, 2.45) is 17.2 Å². The summed E-state index contributed by atoms with van der Waals surface area (Å²) < 4.78 is 0. The van der Waals surface area contributed by atoms with Crippen LogP contribution in [-0.4, -0.2) is 5.91 Å². The molecular weight excluding hydrogens is 128 g/mol.